The van der Waals surface area contributed by atoms with Gasteiger partial charge in [0, 0.05) is 29.2 Å². The number of hydrogen-bond acceptors (Lipinski definition) is 3. The van der Waals surface area contributed by atoms with Crippen LogP contribution in [0.25, 0.3) is 33.5 Å². The SMILES string of the molecule is O=C(NCc1ccccc1)c1ccc(-c2ccc(Cl)cc2)c(COc2ccc(-c3nc4ccccc4n3C3CCCCC3)c(F)c2)c1. The lowest BCUT2D eigenvalue weighted by Crippen LogP contribution is -2.23. The van der Waals surface area contributed by atoms with Crippen molar-refractivity contribution in [2.24, 2.45) is 0 Å². The zero-order valence-electron chi connectivity index (χ0n) is 26.0. The van der Waals surface area contributed by atoms with Crippen molar-refractivity contribution in [3.63, 3.8) is 0 Å². The van der Waals surface area contributed by atoms with E-state index in [1.165, 1.54) is 25.3 Å². The first kappa shape index (κ1) is 30.7. The van der Waals surface area contributed by atoms with Gasteiger partial charge in [0.2, 0.25) is 0 Å². The van der Waals surface area contributed by atoms with Gasteiger partial charge in [-0.25, -0.2) is 9.37 Å². The molecule has 236 valence electrons. The van der Waals surface area contributed by atoms with Crippen LogP contribution in [0.3, 0.4) is 0 Å². The van der Waals surface area contributed by atoms with Crippen LogP contribution in [-0.2, 0) is 13.2 Å². The predicted octanol–water partition coefficient (Wildman–Crippen LogP) is 10.2. The number of ether oxygens (including phenoxy) is 1. The smallest absolute Gasteiger partial charge is 0.251 e. The lowest BCUT2D eigenvalue weighted by molar-refractivity contribution is 0.0950. The summed E-state index contributed by atoms with van der Waals surface area (Å²) in [7, 11) is 0. The number of para-hydroxylation sites is 2. The maximum atomic E-state index is 15.9. The highest BCUT2D eigenvalue weighted by Crippen LogP contribution is 2.37. The van der Waals surface area contributed by atoms with Crippen molar-refractivity contribution in [1.82, 2.24) is 14.9 Å². The summed E-state index contributed by atoms with van der Waals surface area (Å²) in [5, 5.41) is 3.63. The van der Waals surface area contributed by atoms with Gasteiger partial charge in [-0.05, 0) is 83.6 Å². The molecule has 0 bridgehead atoms. The van der Waals surface area contributed by atoms with Crippen molar-refractivity contribution in [2.75, 3.05) is 0 Å². The second-order valence-electron chi connectivity index (χ2n) is 12.1. The molecule has 1 saturated carbocycles. The fraction of sp³-hybridized carbons (Fsp3) is 0.200. The molecule has 0 saturated heterocycles. The van der Waals surface area contributed by atoms with E-state index in [9.17, 15) is 4.79 Å². The van der Waals surface area contributed by atoms with Gasteiger partial charge in [0.15, 0.2) is 0 Å². The quantitative estimate of drug-likeness (QED) is 0.171. The van der Waals surface area contributed by atoms with Crippen LogP contribution < -0.4 is 10.1 Å². The van der Waals surface area contributed by atoms with Crippen LogP contribution in [0.2, 0.25) is 5.02 Å². The molecule has 7 rings (SSSR count). The molecule has 1 amide bonds. The molecule has 7 heteroatoms. The van der Waals surface area contributed by atoms with Gasteiger partial charge in [-0.15, -0.1) is 0 Å². The topological polar surface area (TPSA) is 56.1 Å². The van der Waals surface area contributed by atoms with Crippen molar-refractivity contribution in [3.05, 3.63) is 143 Å². The fourth-order valence-electron chi connectivity index (χ4n) is 6.52. The molecule has 5 nitrogen and oxygen atoms in total. The molecule has 0 spiro atoms. The van der Waals surface area contributed by atoms with Gasteiger partial charge >= 0.3 is 0 Å². The Morgan fingerprint density at radius 3 is 2.38 bits per heavy atom. The Labute approximate surface area is 279 Å². The van der Waals surface area contributed by atoms with Crippen molar-refractivity contribution in [3.8, 4) is 28.3 Å². The number of aromatic nitrogens is 2. The zero-order valence-corrected chi connectivity index (χ0v) is 26.7. The van der Waals surface area contributed by atoms with Gasteiger partial charge < -0.3 is 14.6 Å². The Kier molecular flexibility index (Phi) is 9.02. The normalized spacial score (nSPS) is 13.5. The molecule has 5 aromatic carbocycles. The zero-order chi connectivity index (χ0) is 32.2. The number of hydrogen-bond donors (Lipinski definition) is 1. The molecular weight excluding hydrogens is 609 g/mol. The molecule has 1 aromatic heterocycles. The average Bonchev–Trinajstić information content (AvgIpc) is 3.50. The van der Waals surface area contributed by atoms with Crippen LogP contribution in [0.4, 0.5) is 4.39 Å². The number of nitrogens with zero attached hydrogens (tertiary/aromatic N) is 2. The van der Waals surface area contributed by atoms with E-state index in [-0.39, 0.29) is 18.3 Å². The van der Waals surface area contributed by atoms with E-state index in [4.69, 9.17) is 21.3 Å². The Bertz CT molecular complexity index is 2020. The number of nitrogens with one attached hydrogen (secondary N) is 1. The molecule has 0 radical (unpaired) electrons. The third kappa shape index (κ3) is 6.79. The van der Waals surface area contributed by atoms with E-state index in [1.807, 2.05) is 84.9 Å². The molecule has 1 heterocycles. The summed E-state index contributed by atoms with van der Waals surface area (Å²) in [6.07, 6.45) is 5.70. The number of amides is 1. The van der Waals surface area contributed by atoms with Gasteiger partial charge in [-0.2, -0.15) is 0 Å². The number of rotatable bonds is 9. The molecule has 6 aromatic rings. The van der Waals surface area contributed by atoms with Gasteiger partial charge in [-0.1, -0.05) is 91.5 Å². The highest BCUT2D eigenvalue weighted by molar-refractivity contribution is 6.30. The molecule has 47 heavy (non-hydrogen) atoms. The summed E-state index contributed by atoms with van der Waals surface area (Å²) < 4.78 is 24.3. The third-order valence-corrected chi connectivity index (χ3v) is 9.18. The van der Waals surface area contributed by atoms with E-state index < -0.39 is 0 Å². The van der Waals surface area contributed by atoms with Gasteiger partial charge in [0.05, 0.1) is 16.6 Å². The molecule has 0 atom stereocenters. The minimum Gasteiger partial charge on any atom is -0.489 e. The minimum absolute atomic E-state index is 0.136. The standard InChI is InChI=1S/C40H35ClFN3O2/c41-31-18-15-28(16-19-31)34-21-17-29(40(46)43-25-27-9-3-1-4-10-27)23-30(34)26-47-33-20-22-35(36(42)24-33)39-44-37-13-7-8-14-38(37)45(39)32-11-5-2-6-12-32/h1,3-4,7-10,13-24,32H,2,5-6,11-12,25-26H2,(H,43,46). The van der Waals surface area contributed by atoms with Crippen LogP contribution in [-0.4, -0.2) is 15.5 Å². The first-order valence-corrected chi connectivity index (χ1v) is 16.5. The van der Waals surface area contributed by atoms with Gasteiger partial charge in [0.1, 0.15) is 24.0 Å². The number of benzene rings is 5. The average molecular weight is 644 g/mol. The largest absolute Gasteiger partial charge is 0.489 e. The summed E-state index contributed by atoms with van der Waals surface area (Å²) in [4.78, 5) is 18.0. The third-order valence-electron chi connectivity index (χ3n) is 8.93. The molecule has 0 aliphatic heterocycles. The lowest BCUT2D eigenvalue weighted by Gasteiger charge is -2.25. The highest BCUT2D eigenvalue weighted by atomic mass is 35.5. The van der Waals surface area contributed by atoms with E-state index in [1.54, 1.807) is 18.2 Å². The Balaban J connectivity index is 1.15. The molecule has 1 fully saturated rings. The molecular formula is C40H35ClFN3O2. The summed E-state index contributed by atoms with van der Waals surface area (Å²) >= 11 is 6.16. The minimum atomic E-state index is -0.387. The van der Waals surface area contributed by atoms with Crippen LogP contribution in [0, 0.1) is 5.82 Å². The second kappa shape index (κ2) is 13.8. The second-order valence-corrected chi connectivity index (χ2v) is 12.5. The van der Waals surface area contributed by atoms with E-state index in [2.05, 4.69) is 16.0 Å². The van der Waals surface area contributed by atoms with Gasteiger partial charge in [0.25, 0.3) is 5.91 Å². The van der Waals surface area contributed by atoms with Crippen LogP contribution in [0.1, 0.15) is 59.6 Å². The Morgan fingerprint density at radius 2 is 1.60 bits per heavy atom. The van der Waals surface area contributed by atoms with E-state index >= 15 is 4.39 Å². The number of fused-ring (bicyclic) bond motifs is 1. The monoisotopic (exact) mass is 643 g/mol. The van der Waals surface area contributed by atoms with Crippen molar-refractivity contribution < 1.29 is 13.9 Å². The molecule has 1 aliphatic carbocycles. The van der Waals surface area contributed by atoms with Gasteiger partial charge in [-0.3, -0.25) is 4.79 Å². The van der Waals surface area contributed by atoms with Crippen molar-refractivity contribution >= 4 is 28.5 Å². The van der Waals surface area contributed by atoms with E-state index in [0.717, 1.165) is 46.1 Å². The predicted molar refractivity (Wildman–Crippen MR) is 186 cm³/mol. The number of halogens is 2. The summed E-state index contributed by atoms with van der Waals surface area (Å²) in [6.45, 7) is 0.557. The first-order chi connectivity index (χ1) is 23.0. The lowest BCUT2D eigenvalue weighted by atomic mass is 9.95. The molecule has 1 N–H and O–H groups in total. The maximum absolute atomic E-state index is 15.9. The highest BCUT2D eigenvalue weighted by Gasteiger charge is 2.24. The first-order valence-electron chi connectivity index (χ1n) is 16.1. The van der Waals surface area contributed by atoms with E-state index in [0.29, 0.717) is 40.3 Å². The number of carbonyl (C=O) groups is 1. The maximum Gasteiger partial charge on any atom is 0.251 e. The molecule has 1 aliphatic rings. The van der Waals surface area contributed by atoms with Crippen LogP contribution in [0.5, 0.6) is 5.75 Å². The number of imidazole rings is 1. The van der Waals surface area contributed by atoms with Crippen LogP contribution in [0.15, 0.2) is 115 Å². The van der Waals surface area contributed by atoms with Crippen LogP contribution >= 0.6 is 11.6 Å². The Hall–Kier alpha value is -4.94. The Morgan fingerprint density at radius 1 is 0.851 bits per heavy atom. The summed E-state index contributed by atoms with van der Waals surface area (Å²) in [6, 6.07) is 36.2. The number of carbonyl (C=O) groups excluding carboxylic acids is 1. The summed E-state index contributed by atoms with van der Waals surface area (Å²) in [5.41, 5.74) is 6.53. The molecule has 0 unspecified atom stereocenters. The van der Waals surface area contributed by atoms with Crippen molar-refractivity contribution in [1.29, 1.82) is 0 Å². The summed E-state index contributed by atoms with van der Waals surface area (Å²) in [5.74, 6) is 0.477. The van der Waals surface area contributed by atoms with Crippen molar-refractivity contribution in [2.45, 2.75) is 51.3 Å². The fourth-order valence-corrected chi connectivity index (χ4v) is 6.64.